The quantitative estimate of drug-likeness (QED) is 0.665. The zero-order valence-electron chi connectivity index (χ0n) is 13.2. The van der Waals surface area contributed by atoms with Gasteiger partial charge in [-0.05, 0) is 46.6 Å². The molecule has 0 saturated heterocycles. The molecule has 1 aliphatic carbocycles. The highest BCUT2D eigenvalue weighted by Gasteiger charge is 2.48. The van der Waals surface area contributed by atoms with Crippen molar-refractivity contribution in [3.63, 3.8) is 0 Å². The first kappa shape index (κ1) is 13.4. The number of benzene rings is 2. The maximum absolute atomic E-state index is 2.37. The molecule has 2 aromatic carbocycles. The SMILES string of the molecule is Cc1cccc2c1C(C(C)C)(C(C)C)c1ccccc1-2. The van der Waals surface area contributed by atoms with E-state index in [9.17, 15) is 0 Å². The second kappa shape index (κ2) is 4.48. The maximum Gasteiger partial charge on any atom is 0.0263 e. The van der Waals surface area contributed by atoms with Gasteiger partial charge in [0.25, 0.3) is 0 Å². The monoisotopic (exact) mass is 264 g/mol. The standard InChI is InChI=1S/C20H24/c1-13(2)20(14(3)4)18-12-7-6-10-16(18)17-11-8-9-15(5)19(17)20/h6-14H,1-5H3. The Labute approximate surface area is 122 Å². The summed E-state index contributed by atoms with van der Waals surface area (Å²) in [6.07, 6.45) is 0. The minimum atomic E-state index is 0.150. The summed E-state index contributed by atoms with van der Waals surface area (Å²) in [4.78, 5) is 0. The molecule has 0 unspecified atom stereocenters. The lowest BCUT2D eigenvalue weighted by molar-refractivity contribution is 0.279. The molecule has 104 valence electrons. The Morgan fingerprint density at radius 1 is 0.750 bits per heavy atom. The summed E-state index contributed by atoms with van der Waals surface area (Å²) in [6, 6.07) is 15.8. The molecule has 0 spiro atoms. The average Bonchev–Trinajstić information content (AvgIpc) is 2.72. The van der Waals surface area contributed by atoms with E-state index < -0.39 is 0 Å². The summed E-state index contributed by atoms with van der Waals surface area (Å²) in [7, 11) is 0. The normalized spacial score (nSPS) is 15.6. The van der Waals surface area contributed by atoms with Crippen LogP contribution in [0.3, 0.4) is 0 Å². The van der Waals surface area contributed by atoms with Gasteiger partial charge in [-0.3, -0.25) is 0 Å². The van der Waals surface area contributed by atoms with Crippen molar-refractivity contribution in [2.45, 2.75) is 40.0 Å². The van der Waals surface area contributed by atoms with Gasteiger partial charge in [-0.25, -0.2) is 0 Å². The second-order valence-electron chi connectivity index (χ2n) is 6.72. The van der Waals surface area contributed by atoms with E-state index >= 15 is 0 Å². The molecule has 20 heavy (non-hydrogen) atoms. The summed E-state index contributed by atoms with van der Waals surface area (Å²) < 4.78 is 0. The van der Waals surface area contributed by atoms with E-state index in [1.807, 2.05) is 0 Å². The van der Waals surface area contributed by atoms with Gasteiger partial charge in [0, 0.05) is 5.41 Å². The third kappa shape index (κ3) is 1.48. The Balaban J connectivity index is 2.47. The smallest absolute Gasteiger partial charge is 0.0263 e. The van der Waals surface area contributed by atoms with Gasteiger partial charge in [0.2, 0.25) is 0 Å². The van der Waals surface area contributed by atoms with Crippen molar-refractivity contribution in [2.24, 2.45) is 11.8 Å². The second-order valence-corrected chi connectivity index (χ2v) is 6.72. The molecule has 0 saturated carbocycles. The molecule has 1 aliphatic rings. The van der Waals surface area contributed by atoms with Crippen molar-refractivity contribution in [3.05, 3.63) is 59.2 Å². The number of aryl methyl sites for hydroxylation is 1. The van der Waals surface area contributed by atoms with Crippen LogP contribution in [0.2, 0.25) is 0 Å². The lowest BCUT2D eigenvalue weighted by Crippen LogP contribution is -2.37. The first-order chi connectivity index (χ1) is 9.51. The molecule has 0 radical (unpaired) electrons. The third-order valence-electron chi connectivity index (χ3n) is 5.17. The highest BCUT2D eigenvalue weighted by Crippen LogP contribution is 2.57. The molecule has 0 atom stereocenters. The molecule has 0 fully saturated rings. The van der Waals surface area contributed by atoms with Crippen LogP contribution in [0.15, 0.2) is 42.5 Å². The van der Waals surface area contributed by atoms with Gasteiger partial charge in [0.1, 0.15) is 0 Å². The number of hydrogen-bond acceptors (Lipinski definition) is 0. The molecule has 0 amide bonds. The van der Waals surface area contributed by atoms with Gasteiger partial charge >= 0.3 is 0 Å². The van der Waals surface area contributed by atoms with Crippen LogP contribution in [-0.4, -0.2) is 0 Å². The molecule has 0 aromatic heterocycles. The number of rotatable bonds is 2. The Kier molecular flexibility index (Phi) is 3.01. The molecule has 0 N–H and O–H groups in total. The van der Waals surface area contributed by atoms with Gasteiger partial charge in [-0.1, -0.05) is 70.2 Å². The zero-order valence-corrected chi connectivity index (χ0v) is 13.2. The van der Waals surface area contributed by atoms with E-state index in [2.05, 4.69) is 77.1 Å². The van der Waals surface area contributed by atoms with Crippen LogP contribution >= 0.6 is 0 Å². The third-order valence-corrected chi connectivity index (χ3v) is 5.17. The fraction of sp³-hybridized carbons (Fsp3) is 0.400. The summed E-state index contributed by atoms with van der Waals surface area (Å²) >= 11 is 0. The highest BCUT2D eigenvalue weighted by molar-refractivity contribution is 5.82. The van der Waals surface area contributed by atoms with Gasteiger partial charge in [0.05, 0.1) is 0 Å². The van der Waals surface area contributed by atoms with Crippen molar-refractivity contribution in [2.75, 3.05) is 0 Å². The molecular formula is C20H24. The maximum atomic E-state index is 2.37. The van der Waals surface area contributed by atoms with Gasteiger partial charge in [0.15, 0.2) is 0 Å². The molecule has 0 heterocycles. The molecular weight excluding hydrogens is 240 g/mol. The predicted octanol–water partition coefficient (Wildman–Crippen LogP) is 5.57. The largest absolute Gasteiger partial charge is 0.0619 e. The Morgan fingerprint density at radius 3 is 2.00 bits per heavy atom. The average molecular weight is 264 g/mol. The minimum absolute atomic E-state index is 0.150. The van der Waals surface area contributed by atoms with E-state index in [0.717, 1.165) is 0 Å². The van der Waals surface area contributed by atoms with Crippen LogP contribution in [0, 0.1) is 18.8 Å². The summed E-state index contributed by atoms with van der Waals surface area (Å²) in [5.74, 6) is 1.18. The molecule has 0 bridgehead atoms. The fourth-order valence-corrected chi connectivity index (χ4v) is 4.52. The fourth-order valence-electron chi connectivity index (χ4n) is 4.52. The first-order valence-electron chi connectivity index (χ1n) is 7.71. The molecule has 3 rings (SSSR count). The lowest BCUT2D eigenvalue weighted by Gasteiger charge is -2.41. The van der Waals surface area contributed by atoms with Crippen molar-refractivity contribution < 1.29 is 0 Å². The van der Waals surface area contributed by atoms with E-state index in [1.165, 1.54) is 22.3 Å². The van der Waals surface area contributed by atoms with Crippen molar-refractivity contribution >= 4 is 0 Å². The Morgan fingerprint density at radius 2 is 1.35 bits per heavy atom. The number of fused-ring (bicyclic) bond motifs is 3. The van der Waals surface area contributed by atoms with E-state index in [0.29, 0.717) is 11.8 Å². The van der Waals surface area contributed by atoms with Crippen molar-refractivity contribution in [1.82, 2.24) is 0 Å². The Hall–Kier alpha value is -1.56. The summed E-state index contributed by atoms with van der Waals surface area (Å²) in [5, 5.41) is 0. The van der Waals surface area contributed by atoms with Gasteiger partial charge in [-0.15, -0.1) is 0 Å². The summed E-state index contributed by atoms with van der Waals surface area (Å²) in [6.45, 7) is 11.8. The lowest BCUT2D eigenvalue weighted by atomic mass is 9.62. The van der Waals surface area contributed by atoms with Crippen LogP contribution in [0.5, 0.6) is 0 Å². The molecule has 0 nitrogen and oxygen atoms in total. The van der Waals surface area contributed by atoms with Gasteiger partial charge in [-0.2, -0.15) is 0 Å². The Bertz CT molecular complexity index is 639. The summed E-state index contributed by atoms with van der Waals surface area (Å²) in [5.41, 5.74) is 7.55. The van der Waals surface area contributed by atoms with Crippen LogP contribution in [0.4, 0.5) is 0 Å². The number of hydrogen-bond donors (Lipinski definition) is 0. The van der Waals surface area contributed by atoms with Crippen LogP contribution < -0.4 is 0 Å². The van der Waals surface area contributed by atoms with Crippen LogP contribution in [-0.2, 0) is 5.41 Å². The minimum Gasteiger partial charge on any atom is -0.0619 e. The predicted molar refractivity (Wildman–Crippen MR) is 87.1 cm³/mol. The molecule has 0 aliphatic heterocycles. The van der Waals surface area contributed by atoms with Crippen molar-refractivity contribution in [1.29, 1.82) is 0 Å². The molecule has 2 aromatic rings. The van der Waals surface area contributed by atoms with Crippen LogP contribution in [0.1, 0.15) is 44.4 Å². The topological polar surface area (TPSA) is 0 Å². The highest BCUT2D eigenvalue weighted by atomic mass is 14.5. The molecule has 0 heteroatoms. The van der Waals surface area contributed by atoms with Crippen molar-refractivity contribution in [3.8, 4) is 11.1 Å². The van der Waals surface area contributed by atoms with Gasteiger partial charge < -0.3 is 0 Å². The van der Waals surface area contributed by atoms with E-state index in [4.69, 9.17) is 0 Å². The first-order valence-corrected chi connectivity index (χ1v) is 7.71. The zero-order chi connectivity index (χ0) is 14.5. The van der Waals surface area contributed by atoms with E-state index in [-0.39, 0.29) is 5.41 Å². The van der Waals surface area contributed by atoms with E-state index in [1.54, 1.807) is 5.56 Å². The van der Waals surface area contributed by atoms with Crippen LogP contribution in [0.25, 0.3) is 11.1 Å².